The predicted octanol–water partition coefficient (Wildman–Crippen LogP) is 4.44. The van der Waals surface area contributed by atoms with Crippen molar-refractivity contribution in [2.24, 2.45) is 0 Å². The summed E-state index contributed by atoms with van der Waals surface area (Å²) in [5.74, 6) is 1.27. The highest BCUT2D eigenvalue weighted by atomic mass is 16.5. The van der Waals surface area contributed by atoms with Crippen molar-refractivity contribution in [3.63, 3.8) is 0 Å². The second-order valence-electron chi connectivity index (χ2n) is 6.42. The van der Waals surface area contributed by atoms with E-state index in [0.29, 0.717) is 25.3 Å². The van der Waals surface area contributed by atoms with Crippen LogP contribution in [0, 0.1) is 0 Å². The molecule has 0 aliphatic carbocycles. The number of hydrogen-bond donors (Lipinski definition) is 0. The predicted molar refractivity (Wildman–Crippen MR) is 108 cm³/mol. The lowest BCUT2D eigenvalue weighted by atomic mass is 10.1. The van der Waals surface area contributed by atoms with Crippen LogP contribution in [0.25, 0.3) is 0 Å². The Kier molecular flexibility index (Phi) is 7.15. The molecule has 0 amide bonds. The summed E-state index contributed by atoms with van der Waals surface area (Å²) in [4.78, 5) is 18.0. The lowest BCUT2D eigenvalue weighted by Gasteiger charge is -2.23. The Morgan fingerprint density at radius 2 is 1.75 bits per heavy atom. The third-order valence-electron chi connectivity index (χ3n) is 4.34. The molecule has 0 fully saturated rings. The number of benzene rings is 2. The molecule has 0 radical (unpaired) electrons. The van der Waals surface area contributed by atoms with E-state index < -0.39 is 0 Å². The number of hydrogen-bond acceptors (Lipinski definition) is 5. The van der Waals surface area contributed by atoms with Gasteiger partial charge in [0, 0.05) is 31.4 Å². The van der Waals surface area contributed by atoms with Gasteiger partial charge in [-0.3, -0.25) is 14.7 Å². The van der Waals surface area contributed by atoms with Crippen molar-refractivity contribution in [2.75, 3.05) is 13.7 Å². The van der Waals surface area contributed by atoms with Gasteiger partial charge < -0.3 is 9.47 Å². The molecule has 0 spiro atoms. The first-order valence-corrected chi connectivity index (χ1v) is 9.23. The number of carbonyl (C=O) groups is 1. The SMILES string of the molecule is COC(=O)CCN(Cc1ccccc1)Cc1ccccc1Oc1cccnc1. The average Bonchev–Trinajstić information content (AvgIpc) is 2.74. The summed E-state index contributed by atoms with van der Waals surface area (Å²) in [6.45, 7) is 1.99. The molecular weight excluding hydrogens is 352 g/mol. The number of pyridine rings is 1. The maximum atomic E-state index is 11.6. The summed E-state index contributed by atoms with van der Waals surface area (Å²) >= 11 is 0. The number of ether oxygens (including phenoxy) is 2. The molecule has 0 unspecified atom stereocenters. The van der Waals surface area contributed by atoms with Gasteiger partial charge in [0.15, 0.2) is 0 Å². The fourth-order valence-corrected chi connectivity index (χ4v) is 2.92. The molecule has 3 rings (SSSR count). The quantitative estimate of drug-likeness (QED) is 0.517. The summed E-state index contributed by atoms with van der Waals surface area (Å²) in [5.41, 5.74) is 2.24. The number of nitrogens with zero attached hydrogens (tertiary/aromatic N) is 2. The number of methoxy groups -OCH3 is 1. The van der Waals surface area contributed by atoms with Crippen LogP contribution in [0.15, 0.2) is 79.1 Å². The third-order valence-corrected chi connectivity index (χ3v) is 4.34. The minimum atomic E-state index is -0.210. The van der Waals surface area contributed by atoms with Gasteiger partial charge >= 0.3 is 5.97 Å². The van der Waals surface area contributed by atoms with Crippen LogP contribution in [0.3, 0.4) is 0 Å². The van der Waals surface area contributed by atoms with Crippen LogP contribution in [0.4, 0.5) is 0 Å². The standard InChI is InChI=1S/C23H24N2O3/c1-27-23(26)13-15-25(17-19-8-3-2-4-9-19)18-20-10-5-6-12-22(20)28-21-11-7-14-24-16-21/h2-12,14,16H,13,15,17-18H2,1H3. The summed E-state index contributed by atoms with van der Waals surface area (Å²) in [6, 6.07) is 21.9. The minimum Gasteiger partial charge on any atom is -0.469 e. The van der Waals surface area contributed by atoms with Gasteiger partial charge in [-0.05, 0) is 23.8 Å². The number of aromatic nitrogens is 1. The number of esters is 1. The highest BCUT2D eigenvalue weighted by molar-refractivity contribution is 5.69. The van der Waals surface area contributed by atoms with Crippen molar-refractivity contribution < 1.29 is 14.3 Å². The first-order chi connectivity index (χ1) is 13.7. The van der Waals surface area contributed by atoms with Crippen molar-refractivity contribution in [3.05, 3.63) is 90.3 Å². The Labute approximate surface area is 165 Å². The second kappa shape index (κ2) is 10.2. The zero-order valence-electron chi connectivity index (χ0n) is 16.0. The molecule has 5 nitrogen and oxygen atoms in total. The van der Waals surface area contributed by atoms with Crippen LogP contribution in [0.1, 0.15) is 17.5 Å². The van der Waals surface area contributed by atoms with Crippen molar-refractivity contribution in [1.29, 1.82) is 0 Å². The van der Waals surface area contributed by atoms with Crippen molar-refractivity contribution in [1.82, 2.24) is 9.88 Å². The molecule has 144 valence electrons. The van der Waals surface area contributed by atoms with Gasteiger partial charge in [0.05, 0.1) is 19.7 Å². The van der Waals surface area contributed by atoms with Crippen LogP contribution in [0.5, 0.6) is 11.5 Å². The largest absolute Gasteiger partial charge is 0.469 e. The minimum absolute atomic E-state index is 0.210. The number of carbonyl (C=O) groups excluding carboxylic acids is 1. The summed E-state index contributed by atoms with van der Waals surface area (Å²) in [5, 5.41) is 0. The molecule has 1 heterocycles. The fourth-order valence-electron chi connectivity index (χ4n) is 2.92. The van der Waals surface area contributed by atoms with E-state index in [1.807, 2.05) is 54.6 Å². The maximum absolute atomic E-state index is 11.6. The monoisotopic (exact) mass is 376 g/mol. The maximum Gasteiger partial charge on any atom is 0.306 e. The molecule has 28 heavy (non-hydrogen) atoms. The molecule has 0 atom stereocenters. The molecule has 3 aromatic rings. The summed E-state index contributed by atoms with van der Waals surface area (Å²) in [6.07, 6.45) is 3.75. The van der Waals surface area contributed by atoms with Gasteiger partial charge in [-0.25, -0.2) is 0 Å². The fraction of sp³-hybridized carbons (Fsp3) is 0.217. The van der Waals surface area contributed by atoms with E-state index in [2.05, 4.69) is 22.0 Å². The third kappa shape index (κ3) is 5.93. The molecule has 0 aliphatic heterocycles. The zero-order valence-corrected chi connectivity index (χ0v) is 16.0. The van der Waals surface area contributed by atoms with Crippen LogP contribution in [-0.4, -0.2) is 29.5 Å². The first kappa shape index (κ1) is 19.6. The Morgan fingerprint density at radius 1 is 0.964 bits per heavy atom. The number of para-hydroxylation sites is 1. The average molecular weight is 376 g/mol. The lowest BCUT2D eigenvalue weighted by Crippen LogP contribution is -2.26. The van der Waals surface area contributed by atoms with E-state index in [4.69, 9.17) is 9.47 Å². The van der Waals surface area contributed by atoms with Gasteiger partial charge in [-0.2, -0.15) is 0 Å². The van der Waals surface area contributed by atoms with Gasteiger partial charge in [0.25, 0.3) is 0 Å². The van der Waals surface area contributed by atoms with Gasteiger partial charge in [-0.15, -0.1) is 0 Å². The van der Waals surface area contributed by atoms with Crippen LogP contribution >= 0.6 is 0 Å². The highest BCUT2D eigenvalue weighted by Gasteiger charge is 2.13. The molecule has 0 aliphatic rings. The van der Waals surface area contributed by atoms with E-state index in [9.17, 15) is 4.79 Å². The molecule has 1 aromatic heterocycles. The normalized spacial score (nSPS) is 10.6. The Hall–Kier alpha value is -3.18. The van der Waals surface area contributed by atoms with Gasteiger partial charge in [0.1, 0.15) is 11.5 Å². The highest BCUT2D eigenvalue weighted by Crippen LogP contribution is 2.26. The van der Waals surface area contributed by atoms with E-state index in [0.717, 1.165) is 17.9 Å². The van der Waals surface area contributed by atoms with Crippen LogP contribution < -0.4 is 4.74 Å². The molecule has 0 saturated carbocycles. The summed E-state index contributed by atoms with van der Waals surface area (Å²) in [7, 11) is 1.42. The van der Waals surface area contributed by atoms with E-state index in [1.54, 1.807) is 12.4 Å². The molecule has 5 heteroatoms. The van der Waals surface area contributed by atoms with E-state index in [-0.39, 0.29) is 5.97 Å². The Morgan fingerprint density at radius 3 is 2.50 bits per heavy atom. The van der Waals surface area contributed by atoms with Crippen LogP contribution in [-0.2, 0) is 22.6 Å². The Bertz CT molecular complexity index is 869. The van der Waals surface area contributed by atoms with E-state index in [1.165, 1.54) is 12.7 Å². The summed E-state index contributed by atoms with van der Waals surface area (Å²) < 4.78 is 10.8. The molecule has 2 aromatic carbocycles. The second-order valence-corrected chi connectivity index (χ2v) is 6.42. The van der Waals surface area contributed by atoms with Crippen molar-refractivity contribution in [3.8, 4) is 11.5 Å². The molecule has 0 saturated heterocycles. The molecular formula is C23H24N2O3. The van der Waals surface area contributed by atoms with E-state index >= 15 is 0 Å². The lowest BCUT2D eigenvalue weighted by molar-refractivity contribution is -0.141. The molecule has 0 N–H and O–H groups in total. The smallest absolute Gasteiger partial charge is 0.306 e. The van der Waals surface area contributed by atoms with Crippen molar-refractivity contribution >= 4 is 5.97 Å². The van der Waals surface area contributed by atoms with Gasteiger partial charge in [0.2, 0.25) is 0 Å². The Balaban J connectivity index is 1.76. The zero-order chi connectivity index (χ0) is 19.6. The van der Waals surface area contributed by atoms with Gasteiger partial charge in [-0.1, -0.05) is 48.5 Å². The first-order valence-electron chi connectivity index (χ1n) is 9.23. The van der Waals surface area contributed by atoms with Crippen LogP contribution in [0.2, 0.25) is 0 Å². The van der Waals surface area contributed by atoms with Crippen molar-refractivity contribution in [2.45, 2.75) is 19.5 Å². The topological polar surface area (TPSA) is 51.7 Å². The number of rotatable bonds is 9. The molecule has 0 bridgehead atoms.